The van der Waals surface area contributed by atoms with Crippen molar-refractivity contribution in [2.75, 3.05) is 0 Å². The Bertz CT molecular complexity index is 353. The van der Waals surface area contributed by atoms with Crippen molar-refractivity contribution in [2.24, 2.45) is 0 Å². The Labute approximate surface area is 91.0 Å². The van der Waals surface area contributed by atoms with Crippen molar-refractivity contribution in [1.82, 2.24) is 9.97 Å². The maximum atomic E-state index is 11.4. The van der Waals surface area contributed by atoms with Gasteiger partial charge in [0.25, 0.3) is 5.56 Å². The van der Waals surface area contributed by atoms with Crippen LogP contribution in [0.25, 0.3) is 0 Å². The molecular weight excluding hydrogens is 188 g/mol. The first-order valence-corrected chi connectivity index (χ1v) is 5.81. The summed E-state index contributed by atoms with van der Waals surface area (Å²) in [5.41, 5.74) is 0.901. The van der Waals surface area contributed by atoms with E-state index in [2.05, 4.69) is 30.7 Å². The van der Waals surface area contributed by atoms with Crippen LogP contribution in [0.15, 0.2) is 10.9 Å². The monoisotopic (exact) mass is 208 g/mol. The van der Waals surface area contributed by atoms with Gasteiger partial charge in [-0.15, -0.1) is 0 Å². The summed E-state index contributed by atoms with van der Waals surface area (Å²) in [4.78, 5) is 18.8. The Kier molecular flexibility index (Phi) is 4.53. The number of hydrogen-bond donors (Lipinski definition) is 1. The molecule has 15 heavy (non-hydrogen) atoms. The predicted molar refractivity (Wildman–Crippen MR) is 62.2 cm³/mol. The Morgan fingerprint density at radius 3 is 2.53 bits per heavy atom. The minimum atomic E-state index is -0.0182. The third-order valence-electron chi connectivity index (χ3n) is 2.69. The average Bonchev–Trinajstić information content (AvgIpc) is 2.19. The zero-order valence-electron chi connectivity index (χ0n) is 9.84. The molecule has 1 aromatic heterocycles. The molecule has 84 valence electrons. The summed E-state index contributed by atoms with van der Waals surface area (Å²) in [5, 5.41) is 0. The lowest BCUT2D eigenvalue weighted by molar-refractivity contribution is 0.593. The van der Waals surface area contributed by atoms with Crippen LogP contribution in [0.2, 0.25) is 0 Å². The zero-order valence-corrected chi connectivity index (χ0v) is 9.84. The molecule has 0 amide bonds. The van der Waals surface area contributed by atoms with Gasteiger partial charge in [0.2, 0.25) is 0 Å². The maximum Gasteiger partial charge on any atom is 0.251 e. The van der Waals surface area contributed by atoms with Gasteiger partial charge in [-0.2, -0.15) is 0 Å². The van der Waals surface area contributed by atoms with Gasteiger partial charge in [0, 0.05) is 17.7 Å². The second-order valence-electron chi connectivity index (χ2n) is 3.89. The summed E-state index contributed by atoms with van der Waals surface area (Å²) in [6.45, 7) is 6.35. The standard InChI is InChI=1S/C12H20N2O/c1-4-7-10-8-11(15)14-12(13-10)9(5-2)6-3/h8-9H,4-7H2,1-3H3,(H,13,14,15). The molecule has 0 saturated carbocycles. The molecule has 3 nitrogen and oxygen atoms in total. The summed E-state index contributed by atoms with van der Waals surface area (Å²) >= 11 is 0. The molecule has 1 heterocycles. The summed E-state index contributed by atoms with van der Waals surface area (Å²) in [7, 11) is 0. The summed E-state index contributed by atoms with van der Waals surface area (Å²) in [6, 6.07) is 1.61. The molecule has 0 aliphatic rings. The molecule has 0 bridgehead atoms. The Morgan fingerprint density at radius 2 is 2.00 bits per heavy atom. The first kappa shape index (κ1) is 12.0. The van der Waals surface area contributed by atoms with Crippen LogP contribution in [0.1, 0.15) is 57.5 Å². The van der Waals surface area contributed by atoms with Crippen LogP contribution in [0.4, 0.5) is 0 Å². The second-order valence-corrected chi connectivity index (χ2v) is 3.89. The van der Waals surface area contributed by atoms with Crippen LogP contribution in [-0.4, -0.2) is 9.97 Å². The van der Waals surface area contributed by atoms with E-state index in [9.17, 15) is 4.79 Å². The average molecular weight is 208 g/mol. The van der Waals surface area contributed by atoms with Gasteiger partial charge in [0.15, 0.2) is 0 Å². The molecule has 0 atom stereocenters. The van der Waals surface area contributed by atoms with Crippen LogP contribution in [0.3, 0.4) is 0 Å². The lowest BCUT2D eigenvalue weighted by Gasteiger charge is -2.11. The lowest BCUT2D eigenvalue weighted by Crippen LogP contribution is -2.15. The van der Waals surface area contributed by atoms with Crippen molar-refractivity contribution in [2.45, 2.75) is 52.4 Å². The quantitative estimate of drug-likeness (QED) is 0.808. The molecule has 0 fully saturated rings. The van der Waals surface area contributed by atoms with Crippen molar-refractivity contribution in [3.63, 3.8) is 0 Å². The van der Waals surface area contributed by atoms with Crippen molar-refractivity contribution < 1.29 is 0 Å². The highest BCUT2D eigenvalue weighted by Crippen LogP contribution is 2.18. The Hall–Kier alpha value is -1.12. The third kappa shape index (κ3) is 3.18. The van der Waals surface area contributed by atoms with Gasteiger partial charge < -0.3 is 4.98 Å². The van der Waals surface area contributed by atoms with Crippen molar-refractivity contribution in [3.8, 4) is 0 Å². The molecule has 1 N–H and O–H groups in total. The molecule has 0 aliphatic heterocycles. The fourth-order valence-corrected chi connectivity index (χ4v) is 1.78. The molecule has 0 aromatic carbocycles. The molecule has 3 heteroatoms. The first-order valence-electron chi connectivity index (χ1n) is 5.81. The molecule has 0 radical (unpaired) electrons. The van der Waals surface area contributed by atoms with E-state index in [0.717, 1.165) is 37.2 Å². The van der Waals surface area contributed by atoms with Crippen LogP contribution < -0.4 is 5.56 Å². The maximum absolute atomic E-state index is 11.4. The highest BCUT2D eigenvalue weighted by Gasteiger charge is 2.10. The number of H-pyrrole nitrogens is 1. The molecular formula is C12H20N2O. The largest absolute Gasteiger partial charge is 0.310 e. The minimum Gasteiger partial charge on any atom is -0.310 e. The number of nitrogens with one attached hydrogen (secondary N) is 1. The number of aromatic nitrogens is 2. The van der Waals surface area contributed by atoms with E-state index >= 15 is 0 Å². The van der Waals surface area contributed by atoms with Crippen molar-refractivity contribution >= 4 is 0 Å². The van der Waals surface area contributed by atoms with E-state index in [0.29, 0.717) is 5.92 Å². The first-order chi connectivity index (χ1) is 7.21. The lowest BCUT2D eigenvalue weighted by atomic mass is 10.0. The number of hydrogen-bond acceptors (Lipinski definition) is 2. The van der Waals surface area contributed by atoms with Gasteiger partial charge in [-0.3, -0.25) is 4.79 Å². The van der Waals surface area contributed by atoms with E-state index in [1.807, 2.05) is 0 Å². The predicted octanol–water partition coefficient (Wildman–Crippen LogP) is 2.63. The fraction of sp³-hybridized carbons (Fsp3) is 0.667. The van der Waals surface area contributed by atoms with E-state index in [-0.39, 0.29) is 5.56 Å². The summed E-state index contributed by atoms with van der Waals surface area (Å²) < 4.78 is 0. The molecule has 1 aromatic rings. The molecule has 1 rings (SSSR count). The van der Waals surface area contributed by atoms with E-state index in [1.165, 1.54) is 0 Å². The zero-order chi connectivity index (χ0) is 11.3. The van der Waals surface area contributed by atoms with Gasteiger partial charge >= 0.3 is 0 Å². The van der Waals surface area contributed by atoms with E-state index in [1.54, 1.807) is 6.07 Å². The topological polar surface area (TPSA) is 45.8 Å². The fourth-order valence-electron chi connectivity index (χ4n) is 1.78. The van der Waals surface area contributed by atoms with Gasteiger partial charge in [-0.1, -0.05) is 27.2 Å². The normalized spacial score (nSPS) is 10.9. The molecule has 0 saturated heterocycles. The van der Waals surface area contributed by atoms with Crippen LogP contribution in [0, 0.1) is 0 Å². The minimum absolute atomic E-state index is 0.0182. The third-order valence-corrected chi connectivity index (χ3v) is 2.69. The number of aryl methyl sites for hydroxylation is 1. The van der Waals surface area contributed by atoms with Crippen LogP contribution >= 0.6 is 0 Å². The number of rotatable bonds is 5. The Morgan fingerprint density at radius 1 is 1.33 bits per heavy atom. The summed E-state index contributed by atoms with van der Waals surface area (Å²) in [6.07, 6.45) is 3.96. The van der Waals surface area contributed by atoms with E-state index in [4.69, 9.17) is 0 Å². The van der Waals surface area contributed by atoms with Gasteiger partial charge in [-0.25, -0.2) is 4.98 Å². The van der Waals surface area contributed by atoms with Crippen molar-refractivity contribution in [3.05, 3.63) is 27.9 Å². The Balaban J connectivity index is 3.02. The summed E-state index contributed by atoms with van der Waals surface area (Å²) in [5.74, 6) is 1.24. The van der Waals surface area contributed by atoms with E-state index < -0.39 is 0 Å². The second kappa shape index (κ2) is 5.69. The van der Waals surface area contributed by atoms with Gasteiger partial charge in [0.05, 0.1) is 0 Å². The highest BCUT2D eigenvalue weighted by atomic mass is 16.1. The SMILES string of the molecule is CCCc1cc(=O)[nH]c(C(CC)CC)n1. The smallest absolute Gasteiger partial charge is 0.251 e. The molecule has 0 unspecified atom stereocenters. The molecule has 0 spiro atoms. The van der Waals surface area contributed by atoms with Gasteiger partial charge in [0.1, 0.15) is 5.82 Å². The number of nitrogens with zero attached hydrogens (tertiary/aromatic N) is 1. The van der Waals surface area contributed by atoms with Crippen LogP contribution in [-0.2, 0) is 6.42 Å². The van der Waals surface area contributed by atoms with Crippen LogP contribution in [0.5, 0.6) is 0 Å². The van der Waals surface area contributed by atoms with Crippen molar-refractivity contribution in [1.29, 1.82) is 0 Å². The molecule has 0 aliphatic carbocycles. The highest BCUT2D eigenvalue weighted by molar-refractivity contribution is 5.06. The number of aromatic amines is 1. The van der Waals surface area contributed by atoms with Gasteiger partial charge in [-0.05, 0) is 19.3 Å².